The average molecular weight is 1400 g/mol. The lowest BCUT2D eigenvalue weighted by atomic mass is 10.0. The van der Waals surface area contributed by atoms with Crippen molar-refractivity contribution in [1.29, 1.82) is 0 Å². The van der Waals surface area contributed by atoms with Gasteiger partial charge in [-0.25, -0.2) is 9.13 Å². The lowest BCUT2D eigenvalue weighted by Gasteiger charge is -2.21. The van der Waals surface area contributed by atoms with Crippen LogP contribution in [0.1, 0.15) is 367 Å². The van der Waals surface area contributed by atoms with E-state index < -0.39 is 84.9 Å². The highest BCUT2D eigenvalue weighted by atomic mass is 31.2. The normalized spacial score (nSPS) is 14.1. The quantitative estimate of drug-likeness (QED) is 0.0128. The lowest BCUT2D eigenvalue weighted by Crippen LogP contribution is -2.30. The molecule has 0 radical (unpaired) electrons. The Morgan fingerprint density at radius 1 is 0.333 bits per heavy atom. The van der Waals surface area contributed by atoms with Crippen molar-refractivity contribution in [2.24, 2.45) is 0 Å². The number of carbonyl (C=O) groups excluding carboxylic acids is 4. The van der Waals surface area contributed by atoms with Gasteiger partial charge in [0.25, 0.3) is 0 Å². The number of ether oxygens (including phenoxy) is 4. The molecule has 2 unspecified atom stereocenters. The van der Waals surface area contributed by atoms with E-state index in [1.54, 1.807) is 0 Å². The summed E-state index contributed by atoms with van der Waals surface area (Å²) in [4.78, 5) is 70.5. The fourth-order valence-electron chi connectivity index (χ4n) is 11.1. The second kappa shape index (κ2) is 72.2. The van der Waals surface area contributed by atoms with Crippen molar-refractivity contribution in [2.75, 3.05) is 46.2 Å². The molecule has 0 fully saturated rings. The zero-order chi connectivity index (χ0) is 70.2. The number of unbranched alkanes of at least 4 members (excludes halogenated alkanes) is 44. The molecular formula is C77H144O17P2. The zero-order valence-electron chi connectivity index (χ0n) is 61.4. The van der Waals surface area contributed by atoms with Crippen molar-refractivity contribution >= 4 is 39.8 Å². The first-order valence-electron chi connectivity index (χ1n) is 39.2. The molecule has 0 aliphatic heterocycles. The first-order valence-corrected chi connectivity index (χ1v) is 42.2. The molecular weight excluding hydrogens is 1260 g/mol. The smallest absolute Gasteiger partial charge is 0.462 e. The molecule has 0 aromatic rings. The van der Waals surface area contributed by atoms with E-state index in [-0.39, 0.29) is 25.9 Å². The van der Waals surface area contributed by atoms with Crippen LogP contribution in [0, 0.1) is 0 Å². The number of phosphoric acid groups is 2. The zero-order valence-corrected chi connectivity index (χ0v) is 63.1. The fraction of sp³-hybridized carbons (Fsp3) is 0.870. The molecule has 0 bridgehead atoms. The number of aliphatic hydroxyl groups is 1. The highest BCUT2D eigenvalue weighted by Crippen LogP contribution is 2.45. The standard InChI is InChI=1S/C77H144O17P2/c1-4-7-10-13-16-19-22-25-28-33-38-43-48-53-58-63-77(82)94-74(69-88-75(80)61-56-51-46-41-36-31-23-20-17-14-11-8-5-2)71-92-96(85,86)90-67-72(79)66-89-95(83,84)91-70-73(93-76(81)62-57-52-47-42-37-32-24-21-18-15-12-9-6-3)68-87-65-60-55-50-45-40-35-30-27-26-29-34-39-44-49-54-59-64-78/h16,19,25-26,28-29,64,72-74,79H,4-15,17-18,20-24,27,30-63,65-71H2,1-3H3,(H,83,84)(H,85,86)/b19-16-,28-25-,29-26-/t72-,73-,74-/m1/s1. The van der Waals surface area contributed by atoms with E-state index in [0.29, 0.717) is 32.3 Å². The van der Waals surface area contributed by atoms with Gasteiger partial charge in [-0.3, -0.25) is 32.5 Å². The number of aliphatic hydroxyl groups excluding tert-OH is 1. The molecule has 0 rings (SSSR count). The highest BCUT2D eigenvalue weighted by molar-refractivity contribution is 7.47. The van der Waals surface area contributed by atoms with Gasteiger partial charge in [0, 0.05) is 32.3 Å². The summed E-state index contributed by atoms with van der Waals surface area (Å²) in [5, 5.41) is 10.6. The molecule has 96 heavy (non-hydrogen) atoms. The molecule has 564 valence electrons. The van der Waals surface area contributed by atoms with E-state index in [0.717, 1.165) is 141 Å². The van der Waals surface area contributed by atoms with Gasteiger partial charge in [-0.05, 0) is 89.9 Å². The van der Waals surface area contributed by atoms with E-state index in [1.165, 1.54) is 167 Å². The van der Waals surface area contributed by atoms with E-state index >= 15 is 0 Å². The van der Waals surface area contributed by atoms with Gasteiger partial charge in [0.1, 0.15) is 25.1 Å². The Bertz CT molecular complexity index is 1930. The fourth-order valence-corrected chi connectivity index (χ4v) is 12.7. The Kier molecular flexibility index (Phi) is 70.3. The van der Waals surface area contributed by atoms with E-state index in [9.17, 15) is 43.2 Å². The second-order valence-corrected chi connectivity index (χ2v) is 29.5. The molecule has 0 amide bonds. The minimum Gasteiger partial charge on any atom is -0.462 e. The summed E-state index contributed by atoms with van der Waals surface area (Å²) < 4.78 is 69.2. The van der Waals surface area contributed by atoms with Crippen molar-refractivity contribution < 1.29 is 80.2 Å². The molecule has 5 atom stereocenters. The first kappa shape index (κ1) is 93.4. The Balaban J connectivity index is 5.23. The van der Waals surface area contributed by atoms with Crippen LogP contribution in [0.25, 0.3) is 0 Å². The van der Waals surface area contributed by atoms with Gasteiger partial charge in [0.05, 0.1) is 33.0 Å². The molecule has 17 nitrogen and oxygen atoms in total. The van der Waals surface area contributed by atoms with Crippen molar-refractivity contribution in [3.8, 4) is 0 Å². The van der Waals surface area contributed by atoms with Crippen LogP contribution >= 0.6 is 15.6 Å². The summed E-state index contributed by atoms with van der Waals surface area (Å²) in [6, 6.07) is 0. The van der Waals surface area contributed by atoms with E-state index in [4.69, 9.17) is 37.0 Å². The Morgan fingerprint density at radius 2 is 0.615 bits per heavy atom. The molecule has 0 saturated carbocycles. The number of hydrogen-bond donors (Lipinski definition) is 3. The third kappa shape index (κ3) is 71.3. The minimum absolute atomic E-state index is 0.0706. The van der Waals surface area contributed by atoms with Crippen molar-refractivity contribution in [3.05, 3.63) is 36.5 Å². The van der Waals surface area contributed by atoms with Gasteiger partial charge in [-0.1, -0.05) is 288 Å². The highest BCUT2D eigenvalue weighted by Gasteiger charge is 2.30. The summed E-state index contributed by atoms with van der Waals surface area (Å²) in [5.74, 6) is -1.53. The predicted octanol–water partition coefficient (Wildman–Crippen LogP) is 22.0. The average Bonchev–Trinajstić information content (AvgIpc) is 2.73. The largest absolute Gasteiger partial charge is 0.472 e. The second-order valence-electron chi connectivity index (χ2n) is 26.6. The summed E-state index contributed by atoms with van der Waals surface area (Å²) in [5.41, 5.74) is 0. The summed E-state index contributed by atoms with van der Waals surface area (Å²) in [7, 11) is -9.81. The maximum absolute atomic E-state index is 13.1. The SMILES string of the molecule is CCCCC/C=C\C/C=C\CCCCCCCC(=O)O[C@H](COC(=O)CCCCCCCCCCCCCCC)COP(=O)(O)OC[C@H](O)COP(=O)(O)OC[C@@H](COCCCCCCCCC/C=C\CCCCCCC=O)OC(=O)CCCCCCCCCCCCCCC. The third-order valence-electron chi connectivity index (χ3n) is 17.1. The van der Waals surface area contributed by atoms with Gasteiger partial charge in [-0.15, -0.1) is 0 Å². The van der Waals surface area contributed by atoms with Crippen LogP contribution in [0.15, 0.2) is 36.5 Å². The molecule has 0 saturated heterocycles. The molecule has 0 spiro atoms. The van der Waals surface area contributed by atoms with Crippen LogP contribution in [0.3, 0.4) is 0 Å². The Morgan fingerprint density at radius 3 is 0.990 bits per heavy atom. The minimum atomic E-state index is -4.94. The molecule has 0 heterocycles. The molecule has 3 N–H and O–H groups in total. The number of allylic oxidation sites excluding steroid dienone is 6. The first-order chi connectivity index (χ1) is 46.8. The van der Waals surface area contributed by atoms with Crippen molar-refractivity contribution in [1.82, 2.24) is 0 Å². The molecule has 0 aromatic carbocycles. The molecule has 0 aromatic heterocycles. The van der Waals surface area contributed by atoms with Crippen molar-refractivity contribution in [2.45, 2.75) is 386 Å². The molecule has 0 aliphatic rings. The van der Waals surface area contributed by atoms with Gasteiger partial charge in [0.15, 0.2) is 6.10 Å². The predicted molar refractivity (Wildman–Crippen MR) is 391 cm³/mol. The monoisotopic (exact) mass is 1400 g/mol. The summed E-state index contributed by atoms with van der Waals surface area (Å²) >= 11 is 0. The van der Waals surface area contributed by atoms with Crippen LogP contribution in [0.5, 0.6) is 0 Å². The van der Waals surface area contributed by atoms with E-state index in [2.05, 4.69) is 57.2 Å². The number of aldehydes is 1. The summed E-state index contributed by atoms with van der Waals surface area (Å²) in [6.07, 6.45) is 67.4. The van der Waals surface area contributed by atoms with Crippen LogP contribution in [0.4, 0.5) is 0 Å². The van der Waals surface area contributed by atoms with Crippen LogP contribution in [0.2, 0.25) is 0 Å². The van der Waals surface area contributed by atoms with Gasteiger partial charge >= 0.3 is 33.6 Å². The number of carbonyl (C=O) groups is 4. The number of phosphoric ester groups is 2. The molecule has 0 aliphatic carbocycles. The molecule has 19 heteroatoms. The van der Waals surface area contributed by atoms with Gasteiger partial charge in [0.2, 0.25) is 0 Å². The number of hydrogen-bond acceptors (Lipinski definition) is 15. The number of esters is 3. The summed E-state index contributed by atoms with van der Waals surface area (Å²) in [6.45, 7) is 3.70. The van der Waals surface area contributed by atoms with Crippen LogP contribution < -0.4 is 0 Å². The lowest BCUT2D eigenvalue weighted by molar-refractivity contribution is -0.161. The maximum Gasteiger partial charge on any atom is 0.472 e. The topological polar surface area (TPSA) is 237 Å². The van der Waals surface area contributed by atoms with Crippen LogP contribution in [-0.4, -0.2) is 104 Å². The third-order valence-corrected chi connectivity index (χ3v) is 19.0. The van der Waals surface area contributed by atoms with Gasteiger partial charge in [-0.2, -0.15) is 0 Å². The van der Waals surface area contributed by atoms with Crippen molar-refractivity contribution in [3.63, 3.8) is 0 Å². The van der Waals surface area contributed by atoms with Gasteiger partial charge < -0.3 is 38.6 Å². The Hall–Kier alpha value is -2.56. The maximum atomic E-state index is 13.1. The number of rotatable bonds is 77. The van der Waals surface area contributed by atoms with Crippen LogP contribution in [-0.2, 0) is 65.4 Å². The van der Waals surface area contributed by atoms with E-state index in [1.807, 2.05) is 0 Å². The Labute approximate surface area is 585 Å².